The number of imide groups is 1. The predicted molar refractivity (Wildman–Crippen MR) is 156 cm³/mol. The van der Waals surface area contributed by atoms with Crippen LogP contribution in [0.4, 0.5) is 13.6 Å². The summed E-state index contributed by atoms with van der Waals surface area (Å²) in [5, 5.41) is 9.33. The zero-order valence-electron chi connectivity index (χ0n) is 24.9. The van der Waals surface area contributed by atoms with Gasteiger partial charge in [-0.1, -0.05) is 30.0 Å². The summed E-state index contributed by atoms with van der Waals surface area (Å²) in [6.07, 6.45) is 2.48. The maximum atomic E-state index is 14.2. The first-order valence-corrected chi connectivity index (χ1v) is 15.5. The number of hydrogen-bond donors (Lipinski definition) is 1. The summed E-state index contributed by atoms with van der Waals surface area (Å²) in [4.78, 5) is 47.7. The number of nitrogens with zero attached hydrogens (tertiary/aromatic N) is 3. The number of halogens is 2. The van der Waals surface area contributed by atoms with Gasteiger partial charge in [-0.05, 0) is 57.1 Å². The summed E-state index contributed by atoms with van der Waals surface area (Å²) < 4.78 is 46.0. The topological polar surface area (TPSA) is 122 Å². The third-order valence-corrected chi connectivity index (χ3v) is 10.9. The summed E-state index contributed by atoms with van der Waals surface area (Å²) in [5.74, 6) is -4.91. The number of carboxylic acid groups (broad SMARTS) is 1. The molecule has 10 nitrogen and oxygen atoms in total. The number of benzene rings is 1. The minimum absolute atomic E-state index is 0.0407. The number of alkyl halides is 2. The molecule has 2 aliphatic heterocycles. The Labute approximate surface area is 257 Å². The molecular weight excluding hydrogens is 596 g/mol. The number of carbonyl (C=O) groups excluding carboxylic acids is 2. The first-order valence-electron chi connectivity index (χ1n) is 14.6. The molecule has 2 aromatic rings. The molecule has 13 heteroatoms. The lowest BCUT2D eigenvalue weighted by molar-refractivity contribution is -0.157. The molecule has 236 valence electrons. The lowest BCUT2D eigenvalue weighted by atomic mass is 9.91. The molecule has 4 aliphatic rings. The maximum Gasteiger partial charge on any atom is 0.329 e. The van der Waals surface area contributed by atoms with Crippen molar-refractivity contribution >= 4 is 34.6 Å². The van der Waals surface area contributed by atoms with E-state index in [0.717, 1.165) is 4.90 Å². The quantitative estimate of drug-likeness (QED) is 0.365. The normalized spacial score (nSPS) is 28.8. The van der Waals surface area contributed by atoms with Crippen molar-refractivity contribution in [1.29, 1.82) is 0 Å². The van der Waals surface area contributed by atoms with E-state index in [9.17, 15) is 28.3 Å². The molecule has 2 aliphatic carbocycles. The Hall–Kier alpha value is -3.45. The SMILES string of the molecule is COc1ccccc1C(CN1C(=O)N(C(C)(C)C(=O)O)C(=O)C2C(C)=C(c3ncco3)SC21)OC1C[C@@H]2CC(F)(F)C[C@@H]2C1. The fourth-order valence-corrected chi connectivity index (χ4v) is 8.70. The monoisotopic (exact) mass is 631 g/mol. The second-order valence-corrected chi connectivity index (χ2v) is 13.7. The van der Waals surface area contributed by atoms with Crippen LogP contribution in [0.3, 0.4) is 0 Å². The molecule has 3 amide bonds. The molecule has 4 unspecified atom stereocenters. The molecule has 0 bridgehead atoms. The van der Waals surface area contributed by atoms with Crippen molar-refractivity contribution in [3.05, 3.63) is 53.8 Å². The number of aliphatic carboxylic acids is 1. The van der Waals surface area contributed by atoms with E-state index in [1.54, 1.807) is 13.0 Å². The van der Waals surface area contributed by atoms with E-state index in [1.165, 1.54) is 50.1 Å². The fraction of sp³-hybridized carbons (Fsp3) is 0.548. The van der Waals surface area contributed by atoms with Crippen LogP contribution in [0.2, 0.25) is 0 Å². The Balaban J connectivity index is 1.37. The van der Waals surface area contributed by atoms with Gasteiger partial charge in [-0.25, -0.2) is 28.3 Å². The van der Waals surface area contributed by atoms with Crippen LogP contribution in [-0.4, -0.2) is 74.4 Å². The van der Waals surface area contributed by atoms with Gasteiger partial charge in [0.2, 0.25) is 17.7 Å². The predicted octanol–water partition coefficient (Wildman–Crippen LogP) is 5.81. The zero-order chi connectivity index (χ0) is 31.6. The smallest absolute Gasteiger partial charge is 0.329 e. The number of hydrogen-bond acceptors (Lipinski definition) is 8. The van der Waals surface area contributed by atoms with Crippen LogP contribution in [0, 0.1) is 17.8 Å². The zero-order valence-corrected chi connectivity index (χ0v) is 25.7. The first-order chi connectivity index (χ1) is 20.8. The second-order valence-electron chi connectivity index (χ2n) is 12.6. The van der Waals surface area contributed by atoms with E-state index in [1.807, 2.05) is 18.2 Å². The standard InChI is InChI=1S/C31H35F2N3O7S/c1-16-23-26(37)36(30(2,3)28(38)39)29(40)35(27(23)44-24(16)25-34-9-10-42-25)15-22(20-7-5-6-8-21(20)41-4)43-19-11-17-13-31(32,33)14-18(17)12-19/h5-10,17-19,22-23,27H,11-15H2,1-4H3,(H,38,39)/t17-,18+,19?,22?,23?,27?. The average molecular weight is 632 g/mol. The van der Waals surface area contributed by atoms with Crippen LogP contribution in [0.1, 0.15) is 64.0 Å². The largest absolute Gasteiger partial charge is 0.496 e. The van der Waals surface area contributed by atoms with Gasteiger partial charge in [0.15, 0.2) is 0 Å². The summed E-state index contributed by atoms with van der Waals surface area (Å²) >= 11 is 1.26. The number of fused-ring (bicyclic) bond motifs is 2. The summed E-state index contributed by atoms with van der Waals surface area (Å²) in [5.41, 5.74) is -0.568. The van der Waals surface area contributed by atoms with E-state index in [-0.39, 0.29) is 37.3 Å². The molecule has 0 radical (unpaired) electrons. The van der Waals surface area contributed by atoms with Gasteiger partial charge in [0.1, 0.15) is 23.7 Å². The summed E-state index contributed by atoms with van der Waals surface area (Å²) in [6, 6.07) is 6.47. The van der Waals surface area contributed by atoms with E-state index < -0.39 is 46.8 Å². The third kappa shape index (κ3) is 5.17. The summed E-state index contributed by atoms with van der Waals surface area (Å²) in [6.45, 7) is 4.36. The highest BCUT2D eigenvalue weighted by molar-refractivity contribution is 8.09. The third-order valence-electron chi connectivity index (χ3n) is 9.41. The molecular formula is C31H35F2N3O7S. The van der Waals surface area contributed by atoms with Crippen molar-refractivity contribution in [2.75, 3.05) is 13.7 Å². The van der Waals surface area contributed by atoms with Crippen molar-refractivity contribution in [2.45, 2.75) is 75.5 Å². The van der Waals surface area contributed by atoms with Gasteiger partial charge in [0.05, 0.1) is 42.2 Å². The van der Waals surface area contributed by atoms with Crippen LogP contribution in [-0.2, 0) is 14.3 Å². The molecule has 0 spiro atoms. The van der Waals surface area contributed by atoms with E-state index in [2.05, 4.69) is 4.98 Å². The summed E-state index contributed by atoms with van der Waals surface area (Å²) in [7, 11) is 1.53. The van der Waals surface area contributed by atoms with Crippen molar-refractivity contribution in [2.24, 2.45) is 17.8 Å². The van der Waals surface area contributed by atoms with Crippen molar-refractivity contribution in [3.63, 3.8) is 0 Å². The van der Waals surface area contributed by atoms with Crippen LogP contribution < -0.4 is 4.74 Å². The number of methoxy groups -OCH3 is 1. The first kappa shape index (κ1) is 30.6. The number of urea groups is 1. The maximum absolute atomic E-state index is 14.2. The van der Waals surface area contributed by atoms with Gasteiger partial charge in [0, 0.05) is 18.4 Å². The second kappa shape index (κ2) is 11.2. The molecule has 1 saturated heterocycles. The molecule has 1 aromatic heterocycles. The molecule has 6 atom stereocenters. The number of rotatable bonds is 9. The van der Waals surface area contributed by atoms with Crippen LogP contribution >= 0.6 is 11.8 Å². The van der Waals surface area contributed by atoms with Crippen molar-refractivity contribution < 1.29 is 42.2 Å². The van der Waals surface area contributed by atoms with Crippen LogP contribution in [0.15, 0.2) is 46.7 Å². The van der Waals surface area contributed by atoms with E-state index >= 15 is 0 Å². The van der Waals surface area contributed by atoms with Crippen LogP contribution in [0.5, 0.6) is 5.75 Å². The Bertz CT molecular complexity index is 1480. The number of amides is 3. The fourth-order valence-electron chi connectivity index (χ4n) is 7.18. The number of carbonyl (C=O) groups is 3. The van der Waals surface area contributed by atoms with E-state index in [4.69, 9.17) is 13.9 Å². The van der Waals surface area contributed by atoms with Crippen molar-refractivity contribution in [1.82, 2.24) is 14.8 Å². The Morgan fingerprint density at radius 2 is 1.91 bits per heavy atom. The van der Waals surface area contributed by atoms with Crippen molar-refractivity contribution in [3.8, 4) is 5.75 Å². The van der Waals surface area contributed by atoms with E-state index in [0.29, 0.717) is 40.5 Å². The number of oxazole rings is 1. The highest BCUT2D eigenvalue weighted by Crippen LogP contribution is 2.54. The lowest BCUT2D eigenvalue weighted by Crippen LogP contribution is -2.67. The molecule has 2 saturated carbocycles. The van der Waals surface area contributed by atoms with Gasteiger partial charge in [0.25, 0.3) is 0 Å². The number of thioether (sulfide) groups is 1. The number of ether oxygens (including phenoxy) is 2. The Kier molecular flexibility index (Phi) is 7.76. The number of aromatic nitrogens is 1. The van der Waals surface area contributed by atoms with Gasteiger partial charge in [-0.2, -0.15) is 0 Å². The molecule has 3 fully saturated rings. The van der Waals surface area contributed by atoms with Gasteiger partial charge in [-0.15, -0.1) is 0 Å². The Morgan fingerprint density at radius 3 is 2.52 bits per heavy atom. The minimum atomic E-state index is -2.66. The Morgan fingerprint density at radius 1 is 1.23 bits per heavy atom. The molecule has 1 aromatic carbocycles. The highest BCUT2D eigenvalue weighted by atomic mass is 32.2. The number of para-hydroxylation sites is 1. The molecule has 3 heterocycles. The minimum Gasteiger partial charge on any atom is -0.496 e. The molecule has 1 N–H and O–H groups in total. The van der Waals surface area contributed by atoms with Gasteiger partial charge < -0.3 is 23.9 Å². The lowest BCUT2D eigenvalue weighted by Gasteiger charge is -2.47. The van der Waals surface area contributed by atoms with Crippen LogP contribution in [0.25, 0.3) is 4.91 Å². The van der Waals surface area contributed by atoms with Gasteiger partial charge >= 0.3 is 12.0 Å². The molecule has 44 heavy (non-hydrogen) atoms. The molecule has 6 rings (SSSR count). The number of carboxylic acids is 1. The van der Waals surface area contributed by atoms with Gasteiger partial charge in [-0.3, -0.25) is 4.79 Å². The average Bonchev–Trinajstić information content (AvgIpc) is 3.73. The highest BCUT2D eigenvalue weighted by Gasteiger charge is 2.58.